The summed E-state index contributed by atoms with van der Waals surface area (Å²) in [5.41, 5.74) is 1.05. The van der Waals surface area contributed by atoms with Gasteiger partial charge < -0.3 is 4.74 Å². The monoisotopic (exact) mass is 250 g/mol. The molecule has 0 spiro atoms. The highest BCUT2D eigenvalue weighted by Crippen LogP contribution is 2.36. The molecule has 1 aliphatic heterocycles. The first kappa shape index (κ1) is 10.6. The predicted molar refractivity (Wildman–Crippen MR) is 59.7 cm³/mol. The summed E-state index contributed by atoms with van der Waals surface area (Å²) in [5, 5.41) is 1.14. The van der Waals surface area contributed by atoms with Crippen LogP contribution in [0, 0.1) is 0 Å². The third kappa shape index (κ3) is 1.63. The third-order valence-corrected chi connectivity index (χ3v) is 3.80. The Morgan fingerprint density at radius 2 is 1.93 bits per heavy atom. The molecule has 76 valence electrons. The van der Waals surface area contributed by atoms with Gasteiger partial charge in [0, 0.05) is 5.88 Å². The summed E-state index contributed by atoms with van der Waals surface area (Å²) in [6, 6.07) is 5.62. The lowest BCUT2D eigenvalue weighted by atomic mass is 9.81. The van der Waals surface area contributed by atoms with E-state index >= 15 is 0 Å². The molecule has 1 aromatic carbocycles. The number of halogens is 3. The lowest BCUT2D eigenvalue weighted by Gasteiger charge is -2.40. The Morgan fingerprint density at radius 3 is 2.36 bits per heavy atom. The highest BCUT2D eigenvalue weighted by molar-refractivity contribution is 6.42. The van der Waals surface area contributed by atoms with Crippen LogP contribution in [-0.2, 0) is 10.2 Å². The van der Waals surface area contributed by atoms with Gasteiger partial charge in [0.25, 0.3) is 0 Å². The molecule has 0 radical (unpaired) electrons. The number of alkyl halides is 1. The molecule has 1 heterocycles. The second-order valence-corrected chi connectivity index (χ2v) is 4.62. The second kappa shape index (κ2) is 3.90. The molecular weight excluding hydrogens is 242 g/mol. The van der Waals surface area contributed by atoms with Crippen molar-refractivity contribution >= 4 is 34.8 Å². The lowest BCUT2D eigenvalue weighted by Crippen LogP contribution is -2.48. The first-order valence-corrected chi connectivity index (χ1v) is 5.56. The Kier molecular flexibility index (Phi) is 2.94. The highest BCUT2D eigenvalue weighted by atomic mass is 35.5. The maximum atomic E-state index is 5.94. The van der Waals surface area contributed by atoms with E-state index in [9.17, 15) is 0 Å². The van der Waals surface area contributed by atoms with Crippen molar-refractivity contribution in [2.24, 2.45) is 0 Å². The molecular formula is C10H9Cl3O. The topological polar surface area (TPSA) is 9.23 Å². The van der Waals surface area contributed by atoms with E-state index in [0.717, 1.165) is 5.56 Å². The van der Waals surface area contributed by atoms with Crippen LogP contribution in [0.3, 0.4) is 0 Å². The van der Waals surface area contributed by atoms with E-state index in [1.165, 1.54) is 0 Å². The molecule has 0 amide bonds. The Bertz CT molecular complexity index is 342. The van der Waals surface area contributed by atoms with Crippen molar-refractivity contribution in [2.75, 3.05) is 19.1 Å². The predicted octanol–water partition coefficient (Wildman–Crippen LogP) is 3.50. The van der Waals surface area contributed by atoms with Gasteiger partial charge in [-0.2, -0.15) is 0 Å². The number of rotatable bonds is 2. The lowest BCUT2D eigenvalue weighted by molar-refractivity contribution is -0.0479. The summed E-state index contributed by atoms with van der Waals surface area (Å²) >= 11 is 17.7. The van der Waals surface area contributed by atoms with E-state index in [1.54, 1.807) is 6.07 Å². The van der Waals surface area contributed by atoms with Crippen molar-refractivity contribution in [3.63, 3.8) is 0 Å². The number of hydrogen-bond acceptors (Lipinski definition) is 1. The van der Waals surface area contributed by atoms with Crippen molar-refractivity contribution in [1.29, 1.82) is 0 Å². The Morgan fingerprint density at radius 1 is 1.21 bits per heavy atom. The molecule has 0 unspecified atom stereocenters. The van der Waals surface area contributed by atoms with Gasteiger partial charge in [0.2, 0.25) is 0 Å². The molecule has 1 nitrogen and oxygen atoms in total. The van der Waals surface area contributed by atoms with Crippen LogP contribution >= 0.6 is 34.8 Å². The zero-order chi connectivity index (χ0) is 10.2. The molecule has 4 heteroatoms. The molecule has 1 saturated heterocycles. The summed E-state index contributed by atoms with van der Waals surface area (Å²) in [7, 11) is 0. The standard InChI is InChI=1S/C10H9Cl3O/c11-4-10(5-14-6-10)7-1-2-8(12)9(13)3-7/h1-3H,4-6H2. The van der Waals surface area contributed by atoms with Crippen molar-refractivity contribution in [1.82, 2.24) is 0 Å². The van der Waals surface area contributed by atoms with Crippen molar-refractivity contribution in [3.05, 3.63) is 33.8 Å². The molecule has 0 atom stereocenters. The van der Waals surface area contributed by atoms with E-state index < -0.39 is 0 Å². The van der Waals surface area contributed by atoms with Crippen LogP contribution in [0.2, 0.25) is 10.0 Å². The zero-order valence-corrected chi connectivity index (χ0v) is 9.66. The Hall–Kier alpha value is 0.0500. The average Bonchev–Trinajstić information content (AvgIpc) is 2.10. The largest absolute Gasteiger partial charge is 0.379 e. The minimum absolute atomic E-state index is 0.0597. The van der Waals surface area contributed by atoms with E-state index in [0.29, 0.717) is 29.1 Å². The molecule has 1 aliphatic rings. The number of ether oxygens (including phenoxy) is 1. The van der Waals surface area contributed by atoms with Crippen LogP contribution in [-0.4, -0.2) is 19.1 Å². The van der Waals surface area contributed by atoms with E-state index in [4.69, 9.17) is 39.5 Å². The van der Waals surface area contributed by atoms with Crippen molar-refractivity contribution < 1.29 is 4.74 Å². The van der Waals surface area contributed by atoms with Crippen LogP contribution in [0.25, 0.3) is 0 Å². The second-order valence-electron chi connectivity index (χ2n) is 3.54. The van der Waals surface area contributed by atoms with Crippen LogP contribution in [0.1, 0.15) is 5.56 Å². The molecule has 0 N–H and O–H groups in total. The van der Waals surface area contributed by atoms with Gasteiger partial charge in [0.1, 0.15) is 0 Å². The van der Waals surface area contributed by atoms with Crippen LogP contribution in [0.15, 0.2) is 18.2 Å². The number of benzene rings is 1. The first-order valence-electron chi connectivity index (χ1n) is 4.27. The van der Waals surface area contributed by atoms with Crippen LogP contribution in [0.5, 0.6) is 0 Å². The molecule has 1 aromatic rings. The normalized spacial score (nSPS) is 19.1. The van der Waals surface area contributed by atoms with Crippen LogP contribution in [0.4, 0.5) is 0 Å². The van der Waals surface area contributed by atoms with Crippen molar-refractivity contribution in [2.45, 2.75) is 5.41 Å². The summed E-state index contributed by atoms with van der Waals surface area (Å²) in [6.07, 6.45) is 0. The zero-order valence-electron chi connectivity index (χ0n) is 7.40. The van der Waals surface area contributed by atoms with Crippen LogP contribution < -0.4 is 0 Å². The maximum absolute atomic E-state index is 5.94. The maximum Gasteiger partial charge on any atom is 0.0597 e. The minimum Gasteiger partial charge on any atom is -0.379 e. The van der Waals surface area contributed by atoms with E-state index in [1.807, 2.05) is 12.1 Å². The van der Waals surface area contributed by atoms with Gasteiger partial charge in [-0.15, -0.1) is 11.6 Å². The summed E-state index contributed by atoms with van der Waals surface area (Å²) in [5.74, 6) is 0.547. The van der Waals surface area contributed by atoms with Crippen molar-refractivity contribution in [3.8, 4) is 0 Å². The Balaban J connectivity index is 2.36. The fourth-order valence-electron chi connectivity index (χ4n) is 1.50. The van der Waals surface area contributed by atoms with Gasteiger partial charge in [0.05, 0.1) is 28.7 Å². The molecule has 14 heavy (non-hydrogen) atoms. The van der Waals surface area contributed by atoms with Gasteiger partial charge in [0.15, 0.2) is 0 Å². The molecule has 0 bridgehead atoms. The van der Waals surface area contributed by atoms with E-state index in [2.05, 4.69) is 0 Å². The molecule has 0 aliphatic carbocycles. The summed E-state index contributed by atoms with van der Waals surface area (Å²) in [6.45, 7) is 1.32. The molecule has 0 saturated carbocycles. The quantitative estimate of drug-likeness (QED) is 0.731. The SMILES string of the molecule is ClCC1(c2ccc(Cl)c(Cl)c2)COC1. The summed E-state index contributed by atoms with van der Waals surface area (Å²) < 4.78 is 5.19. The fraction of sp³-hybridized carbons (Fsp3) is 0.400. The Labute approximate surface area is 97.9 Å². The van der Waals surface area contributed by atoms with Gasteiger partial charge in [-0.1, -0.05) is 29.3 Å². The smallest absolute Gasteiger partial charge is 0.0597 e. The van der Waals surface area contributed by atoms with Gasteiger partial charge >= 0.3 is 0 Å². The van der Waals surface area contributed by atoms with Gasteiger partial charge in [-0.3, -0.25) is 0 Å². The minimum atomic E-state index is -0.0597. The number of hydrogen-bond donors (Lipinski definition) is 0. The first-order chi connectivity index (χ1) is 6.68. The van der Waals surface area contributed by atoms with Gasteiger partial charge in [-0.25, -0.2) is 0 Å². The molecule has 0 aromatic heterocycles. The molecule has 2 rings (SSSR count). The molecule has 1 fully saturated rings. The highest BCUT2D eigenvalue weighted by Gasteiger charge is 2.39. The van der Waals surface area contributed by atoms with Gasteiger partial charge in [-0.05, 0) is 17.7 Å². The third-order valence-electron chi connectivity index (χ3n) is 2.54. The average molecular weight is 252 g/mol. The van der Waals surface area contributed by atoms with E-state index in [-0.39, 0.29) is 5.41 Å². The fourth-order valence-corrected chi connectivity index (χ4v) is 2.10. The summed E-state index contributed by atoms with van der Waals surface area (Å²) in [4.78, 5) is 0.